The highest BCUT2D eigenvalue weighted by molar-refractivity contribution is 5.93. The van der Waals surface area contributed by atoms with Gasteiger partial charge in [0.1, 0.15) is 12.1 Å². The van der Waals surface area contributed by atoms with Crippen molar-refractivity contribution in [3.05, 3.63) is 54.1 Å². The third kappa shape index (κ3) is 3.24. The lowest BCUT2D eigenvalue weighted by molar-refractivity contribution is 0.0786. The van der Waals surface area contributed by atoms with E-state index in [0.717, 1.165) is 31.7 Å². The van der Waals surface area contributed by atoms with Crippen LogP contribution in [0, 0.1) is 5.92 Å². The minimum atomic E-state index is 0.0258. The highest BCUT2D eigenvalue weighted by atomic mass is 16.5. The minimum Gasteiger partial charge on any atom is -0.497 e. The number of hydrogen-bond donors (Lipinski definition) is 0. The second-order valence-corrected chi connectivity index (χ2v) is 5.59. The Hall–Kier alpha value is -2.43. The number of carbonyl (C=O) groups is 1. The molecular formula is C17H19N3O2. The maximum Gasteiger partial charge on any atom is 0.256 e. The predicted molar refractivity (Wildman–Crippen MR) is 82.7 cm³/mol. The van der Waals surface area contributed by atoms with E-state index in [2.05, 4.69) is 22.1 Å². The lowest BCUT2D eigenvalue weighted by Crippen LogP contribution is -2.29. The average molecular weight is 297 g/mol. The number of nitrogens with zero attached hydrogens (tertiary/aromatic N) is 3. The van der Waals surface area contributed by atoms with Crippen LogP contribution in [-0.2, 0) is 6.42 Å². The van der Waals surface area contributed by atoms with Gasteiger partial charge in [0, 0.05) is 25.5 Å². The second-order valence-electron chi connectivity index (χ2n) is 5.59. The molecule has 1 fully saturated rings. The van der Waals surface area contributed by atoms with E-state index in [1.165, 1.54) is 11.9 Å². The summed E-state index contributed by atoms with van der Waals surface area (Å²) in [6, 6.07) is 8.14. The van der Waals surface area contributed by atoms with E-state index in [9.17, 15) is 4.79 Å². The summed E-state index contributed by atoms with van der Waals surface area (Å²) in [4.78, 5) is 22.1. The molecule has 2 heterocycles. The second kappa shape index (κ2) is 6.56. The predicted octanol–water partition coefficient (Wildman–Crippen LogP) is 2.19. The molecule has 0 aliphatic carbocycles. The van der Waals surface area contributed by atoms with Gasteiger partial charge in [0.25, 0.3) is 5.91 Å². The van der Waals surface area contributed by atoms with E-state index in [1.54, 1.807) is 19.5 Å². The fraction of sp³-hybridized carbons (Fsp3) is 0.353. The van der Waals surface area contributed by atoms with Crippen molar-refractivity contribution < 1.29 is 9.53 Å². The van der Waals surface area contributed by atoms with E-state index in [-0.39, 0.29) is 5.91 Å². The molecular weight excluding hydrogens is 278 g/mol. The molecule has 5 heteroatoms. The highest BCUT2D eigenvalue weighted by Gasteiger charge is 2.27. The van der Waals surface area contributed by atoms with Crippen LogP contribution in [0.25, 0.3) is 0 Å². The van der Waals surface area contributed by atoms with Crippen LogP contribution in [0.4, 0.5) is 0 Å². The Morgan fingerprint density at radius 2 is 2.00 bits per heavy atom. The topological polar surface area (TPSA) is 55.3 Å². The zero-order chi connectivity index (χ0) is 15.4. The Balaban J connectivity index is 1.59. The molecule has 1 saturated heterocycles. The summed E-state index contributed by atoms with van der Waals surface area (Å²) in [6.07, 6.45) is 6.61. The molecule has 1 amide bonds. The summed E-state index contributed by atoms with van der Waals surface area (Å²) in [5.74, 6) is 1.40. The van der Waals surface area contributed by atoms with Crippen molar-refractivity contribution in [1.29, 1.82) is 0 Å². The van der Waals surface area contributed by atoms with Gasteiger partial charge in [0.05, 0.1) is 12.7 Å². The number of carbonyl (C=O) groups excluding carboxylic acids is 1. The molecule has 1 aromatic carbocycles. The Bertz CT molecular complexity index is 628. The summed E-state index contributed by atoms with van der Waals surface area (Å²) < 4.78 is 5.17. The van der Waals surface area contributed by atoms with Gasteiger partial charge in [-0.1, -0.05) is 12.1 Å². The third-order valence-corrected chi connectivity index (χ3v) is 4.06. The van der Waals surface area contributed by atoms with Gasteiger partial charge in [-0.05, 0) is 36.5 Å². The molecule has 2 aromatic rings. The van der Waals surface area contributed by atoms with Gasteiger partial charge >= 0.3 is 0 Å². The molecule has 0 bridgehead atoms. The van der Waals surface area contributed by atoms with Crippen molar-refractivity contribution in [2.75, 3.05) is 20.2 Å². The van der Waals surface area contributed by atoms with Gasteiger partial charge in [-0.3, -0.25) is 4.79 Å². The normalized spacial score (nSPS) is 17.5. The van der Waals surface area contributed by atoms with Crippen LogP contribution in [0.5, 0.6) is 5.75 Å². The number of rotatable bonds is 4. The number of ether oxygens (including phenoxy) is 1. The van der Waals surface area contributed by atoms with E-state index in [0.29, 0.717) is 11.5 Å². The molecule has 1 atom stereocenters. The van der Waals surface area contributed by atoms with Crippen molar-refractivity contribution in [3.63, 3.8) is 0 Å². The van der Waals surface area contributed by atoms with Crippen molar-refractivity contribution >= 4 is 5.91 Å². The first kappa shape index (κ1) is 14.5. The van der Waals surface area contributed by atoms with E-state index in [1.807, 2.05) is 17.0 Å². The summed E-state index contributed by atoms with van der Waals surface area (Å²) >= 11 is 0. The Labute approximate surface area is 130 Å². The number of hydrogen-bond acceptors (Lipinski definition) is 4. The molecule has 0 saturated carbocycles. The van der Waals surface area contributed by atoms with Crippen LogP contribution in [-0.4, -0.2) is 41.0 Å². The first-order valence-corrected chi connectivity index (χ1v) is 7.43. The molecule has 0 spiro atoms. The summed E-state index contributed by atoms with van der Waals surface area (Å²) in [7, 11) is 1.67. The monoisotopic (exact) mass is 297 g/mol. The summed E-state index contributed by atoms with van der Waals surface area (Å²) in [6.45, 7) is 1.59. The Kier molecular flexibility index (Phi) is 4.32. The minimum absolute atomic E-state index is 0.0258. The van der Waals surface area contributed by atoms with Crippen molar-refractivity contribution in [2.45, 2.75) is 12.8 Å². The van der Waals surface area contributed by atoms with Gasteiger partial charge in [0.15, 0.2) is 0 Å². The average Bonchev–Trinajstić information content (AvgIpc) is 3.04. The molecule has 1 aliphatic heterocycles. The van der Waals surface area contributed by atoms with E-state index < -0.39 is 0 Å². The largest absolute Gasteiger partial charge is 0.497 e. The molecule has 1 aliphatic rings. The van der Waals surface area contributed by atoms with Crippen LogP contribution in [0.15, 0.2) is 43.0 Å². The first-order chi connectivity index (χ1) is 10.8. The molecule has 1 aromatic heterocycles. The fourth-order valence-electron chi connectivity index (χ4n) is 2.87. The number of methoxy groups -OCH3 is 1. The molecule has 0 N–H and O–H groups in total. The number of benzene rings is 1. The van der Waals surface area contributed by atoms with Gasteiger partial charge in [-0.2, -0.15) is 0 Å². The van der Waals surface area contributed by atoms with Gasteiger partial charge in [0.2, 0.25) is 0 Å². The zero-order valence-corrected chi connectivity index (χ0v) is 12.6. The standard InChI is InChI=1S/C17H19N3O2/c1-22-16-4-2-13(3-5-16)8-14-6-7-20(11-14)17(21)15-9-18-12-19-10-15/h2-5,9-10,12,14H,6-8,11H2,1H3. The maximum absolute atomic E-state index is 12.4. The highest BCUT2D eigenvalue weighted by Crippen LogP contribution is 2.23. The first-order valence-electron chi connectivity index (χ1n) is 7.43. The lowest BCUT2D eigenvalue weighted by Gasteiger charge is -2.16. The van der Waals surface area contributed by atoms with Crippen molar-refractivity contribution in [1.82, 2.24) is 14.9 Å². The Morgan fingerprint density at radius 3 is 2.68 bits per heavy atom. The van der Waals surface area contributed by atoms with Crippen LogP contribution >= 0.6 is 0 Å². The molecule has 5 nitrogen and oxygen atoms in total. The van der Waals surface area contributed by atoms with E-state index >= 15 is 0 Å². The van der Waals surface area contributed by atoms with Crippen LogP contribution in [0.3, 0.4) is 0 Å². The molecule has 22 heavy (non-hydrogen) atoms. The maximum atomic E-state index is 12.4. The molecule has 0 radical (unpaired) electrons. The van der Waals surface area contributed by atoms with Crippen LogP contribution in [0.2, 0.25) is 0 Å². The summed E-state index contributed by atoms with van der Waals surface area (Å²) in [5, 5.41) is 0. The van der Waals surface area contributed by atoms with E-state index in [4.69, 9.17) is 4.74 Å². The van der Waals surface area contributed by atoms with Crippen LogP contribution < -0.4 is 4.74 Å². The van der Waals surface area contributed by atoms with Crippen LogP contribution in [0.1, 0.15) is 22.3 Å². The number of likely N-dealkylation sites (tertiary alicyclic amines) is 1. The smallest absolute Gasteiger partial charge is 0.256 e. The quantitative estimate of drug-likeness (QED) is 0.868. The SMILES string of the molecule is COc1ccc(CC2CCN(C(=O)c3cncnc3)C2)cc1. The number of aromatic nitrogens is 2. The fourth-order valence-corrected chi connectivity index (χ4v) is 2.87. The van der Waals surface area contributed by atoms with Gasteiger partial charge in [-0.15, -0.1) is 0 Å². The molecule has 1 unspecified atom stereocenters. The van der Waals surface area contributed by atoms with Crippen molar-refractivity contribution in [3.8, 4) is 5.75 Å². The third-order valence-electron chi connectivity index (χ3n) is 4.06. The van der Waals surface area contributed by atoms with Gasteiger partial charge < -0.3 is 9.64 Å². The molecule has 114 valence electrons. The zero-order valence-electron chi connectivity index (χ0n) is 12.6. The lowest BCUT2D eigenvalue weighted by atomic mass is 9.99. The molecule has 3 rings (SSSR count). The summed E-state index contributed by atoms with van der Waals surface area (Å²) in [5.41, 5.74) is 1.84. The Morgan fingerprint density at radius 1 is 1.27 bits per heavy atom. The number of amides is 1. The van der Waals surface area contributed by atoms with Gasteiger partial charge in [-0.25, -0.2) is 9.97 Å². The van der Waals surface area contributed by atoms with Crippen molar-refractivity contribution in [2.24, 2.45) is 5.92 Å².